The van der Waals surface area contributed by atoms with Crippen molar-refractivity contribution in [2.45, 2.75) is 27.2 Å². The van der Waals surface area contributed by atoms with Gasteiger partial charge in [-0.05, 0) is 30.2 Å². The van der Waals surface area contributed by atoms with E-state index in [0.717, 1.165) is 12.2 Å². The maximum absolute atomic E-state index is 9.23. The summed E-state index contributed by atoms with van der Waals surface area (Å²) in [5.74, 6) is 0.861. The summed E-state index contributed by atoms with van der Waals surface area (Å²) in [7, 11) is 0. The summed E-state index contributed by atoms with van der Waals surface area (Å²) in [6, 6.07) is 7.83. The number of benzene rings is 1. The van der Waals surface area contributed by atoms with Crippen molar-refractivity contribution < 1.29 is 9.84 Å². The quantitative estimate of drug-likeness (QED) is 0.597. The Hall–Kier alpha value is -1.96. The van der Waals surface area contributed by atoms with Gasteiger partial charge in [-0.2, -0.15) is 0 Å². The molecule has 1 aromatic carbocycles. The van der Waals surface area contributed by atoms with Crippen LogP contribution >= 0.6 is 0 Å². The summed E-state index contributed by atoms with van der Waals surface area (Å²) < 4.78 is 5.31. The van der Waals surface area contributed by atoms with Crippen LogP contribution in [0.2, 0.25) is 0 Å². The lowest BCUT2D eigenvalue weighted by molar-refractivity contribution is 0.423. The zero-order chi connectivity index (χ0) is 13.8. The molecule has 1 aromatic rings. The summed E-state index contributed by atoms with van der Waals surface area (Å²) in [5, 5.41) is 9.23. The van der Waals surface area contributed by atoms with Gasteiger partial charge in [-0.15, -0.1) is 0 Å². The molecule has 0 saturated heterocycles. The van der Waals surface area contributed by atoms with Crippen LogP contribution in [0.15, 0.2) is 61.1 Å². The first-order valence-corrected chi connectivity index (χ1v) is 6.20. The second-order valence-corrected chi connectivity index (χ2v) is 3.25. The highest BCUT2D eigenvalue weighted by Gasteiger charge is 1.91. The third-order valence-electron chi connectivity index (χ3n) is 2.06. The van der Waals surface area contributed by atoms with Crippen LogP contribution in [-0.2, 0) is 6.42 Å². The Morgan fingerprint density at radius 3 is 2.39 bits per heavy atom. The van der Waals surface area contributed by atoms with E-state index in [4.69, 9.17) is 4.74 Å². The zero-order valence-corrected chi connectivity index (χ0v) is 11.4. The highest BCUT2D eigenvalue weighted by Crippen LogP contribution is 2.12. The minimum absolute atomic E-state index is 0.111. The highest BCUT2D eigenvalue weighted by molar-refractivity contribution is 5.28. The average molecular weight is 246 g/mol. The standard InChI is InChI=1S/C14H16O2.C2H6/c1-3-5-13(15)10-11-16-14-8-6-12(4-2)7-9-14;1-2/h3,5-11,15H,1,4H2,2H3;1-2H3/b11-10-,13-5+;. The minimum atomic E-state index is 0.111. The Balaban J connectivity index is 0.00000137. The molecule has 0 unspecified atom stereocenters. The summed E-state index contributed by atoms with van der Waals surface area (Å²) >= 11 is 0. The van der Waals surface area contributed by atoms with Crippen molar-refractivity contribution in [2.75, 3.05) is 0 Å². The van der Waals surface area contributed by atoms with Gasteiger partial charge in [0.05, 0.1) is 6.26 Å². The molecular weight excluding hydrogens is 224 g/mol. The molecule has 0 saturated carbocycles. The second kappa shape index (κ2) is 10.2. The predicted octanol–water partition coefficient (Wildman–Crippen LogP) is 4.80. The SMILES string of the molecule is C=C/C=C(O)\C=C/Oc1ccc(CC)cc1.CC. The van der Waals surface area contributed by atoms with Gasteiger partial charge in [0.25, 0.3) is 0 Å². The Morgan fingerprint density at radius 1 is 1.28 bits per heavy atom. The Morgan fingerprint density at radius 2 is 1.89 bits per heavy atom. The molecule has 2 nitrogen and oxygen atoms in total. The maximum Gasteiger partial charge on any atom is 0.126 e. The number of rotatable bonds is 5. The summed E-state index contributed by atoms with van der Waals surface area (Å²) in [6.45, 7) is 9.58. The topological polar surface area (TPSA) is 29.5 Å². The van der Waals surface area contributed by atoms with E-state index in [2.05, 4.69) is 13.5 Å². The molecule has 1 N–H and O–H groups in total. The van der Waals surface area contributed by atoms with Crippen LogP contribution in [0.4, 0.5) is 0 Å². The van der Waals surface area contributed by atoms with Gasteiger partial charge in [-0.25, -0.2) is 0 Å². The summed E-state index contributed by atoms with van der Waals surface area (Å²) in [6.07, 6.45) is 6.92. The van der Waals surface area contributed by atoms with Gasteiger partial charge in [0.15, 0.2) is 0 Å². The van der Waals surface area contributed by atoms with E-state index in [1.165, 1.54) is 30.1 Å². The van der Waals surface area contributed by atoms with Gasteiger partial charge in [0.2, 0.25) is 0 Å². The van der Waals surface area contributed by atoms with Crippen molar-refractivity contribution in [3.05, 3.63) is 66.7 Å². The zero-order valence-electron chi connectivity index (χ0n) is 11.4. The summed E-state index contributed by atoms with van der Waals surface area (Å²) in [5.41, 5.74) is 1.27. The lowest BCUT2D eigenvalue weighted by Gasteiger charge is -2.01. The molecule has 0 bridgehead atoms. The maximum atomic E-state index is 9.23. The first kappa shape index (κ1) is 16.0. The summed E-state index contributed by atoms with van der Waals surface area (Å²) in [4.78, 5) is 0. The van der Waals surface area contributed by atoms with Crippen LogP contribution in [0.1, 0.15) is 26.3 Å². The lowest BCUT2D eigenvalue weighted by atomic mass is 10.2. The van der Waals surface area contributed by atoms with E-state index in [0.29, 0.717) is 0 Å². The first-order chi connectivity index (χ1) is 8.76. The molecule has 0 spiro atoms. The molecule has 18 heavy (non-hydrogen) atoms. The Labute approximate surface area is 110 Å². The van der Waals surface area contributed by atoms with E-state index in [1.807, 2.05) is 38.1 Å². The van der Waals surface area contributed by atoms with Gasteiger partial charge in [-0.1, -0.05) is 45.6 Å². The molecule has 0 radical (unpaired) electrons. The largest absolute Gasteiger partial charge is 0.508 e. The number of ether oxygens (including phenoxy) is 1. The molecule has 0 aliphatic rings. The van der Waals surface area contributed by atoms with E-state index in [9.17, 15) is 5.11 Å². The van der Waals surface area contributed by atoms with Crippen LogP contribution in [0.25, 0.3) is 0 Å². The van der Waals surface area contributed by atoms with Crippen LogP contribution in [0, 0.1) is 0 Å². The molecule has 0 atom stereocenters. The van der Waals surface area contributed by atoms with Crippen molar-refractivity contribution in [3.63, 3.8) is 0 Å². The fourth-order valence-electron chi connectivity index (χ4n) is 1.16. The van der Waals surface area contributed by atoms with E-state index >= 15 is 0 Å². The van der Waals surface area contributed by atoms with E-state index in [-0.39, 0.29) is 5.76 Å². The Kier molecular flexibility index (Phi) is 9.10. The molecule has 98 valence electrons. The molecule has 0 aromatic heterocycles. The minimum Gasteiger partial charge on any atom is -0.508 e. The van der Waals surface area contributed by atoms with Crippen molar-refractivity contribution >= 4 is 0 Å². The molecule has 1 rings (SSSR count). The van der Waals surface area contributed by atoms with Crippen LogP contribution in [0.5, 0.6) is 5.75 Å². The molecule has 0 amide bonds. The van der Waals surface area contributed by atoms with E-state index < -0.39 is 0 Å². The van der Waals surface area contributed by atoms with Crippen molar-refractivity contribution in [1.29, 1.82) is 0 Å². The number of aliphatic hydroxyl groups excluding tert-OH is 1. The normalized spacial score (nSPS) is 10.7. The van der Waals surface area contributed by atoms with Gasteiger partial charge >= 0.3 is 0 Å². The molecular formula is C16H22O2. The number of aryl methyl sites for hydroxylation is 1. The number of aliphatic hydroxyl groups is 1. The van der Waals surface area contributed by atoms with Crippen molar-refractivity contribution in [2.24, 2.45) is 0 Å². The monoisotopic (exact) mass is 246 g/mol. The second-order valence-electron chi connectivity index (χ2n) is 3.25. The van der Waals surface area contributed by atoms with Gasteiger partial charge < -0.3 is 9.84 Å². The third-order valence-corrected chi connectivity index (χ3v) is 2.06. The fourth-order valence-corrected chi connectivity index (χ4v) is 1.16. The Bertz CT molecular complexity index is 386. The number of hydrogen-bond acceptors (Lipinski definition) is 2. The molecule has 0 aliphatic carbocycles. The fraction of sp³-hybridized carbons (Fsp3) is 0.250. The number of allylic oxidation sites excluding steroid dienone is 3. The molecule has 0 heterocycles. The smallest absolute Gasteiger partial charge is 0.126 e. The molecule has 0 aliphatic heterocycles. The molecule has 2 heteroatoms. The van der Waals surface area contributed by atoms with Crippen LogP contribution in [-0.4, -0.2) is 5.11 Å². The van der Waals surface area contributed by atoms with Crippen molar-refractivity contribution in [3.8, 4) is 5.75 Å². The van der Waals surface area contributed by atoms with Gasteiger partial charge in [0.1, 0.15) is 11.5 Å². The van der Waals surface area contributed by atoms with E-state index in [1.54, 1.807) is 0 Å². The number of hydrogen-bond donors (Lipinski definition) is 1. The highest BCUT2D eigenvalue weighted by atomic mass is 16.5. The first-order valence-electron chi connectivity index (χ1n) is 6.20. The lowest BCUT2D eigenvalue weighted by Crippen LogP contribution is -1.84. The predicted molar refractivity (Wildman–Crippen MR) is 77.8 cm³/mol. The molecule has 0 fully saturated rings. The van der Waals surface area contributed by atoms with Crippen molar-refractivity contribution in [1.82, 2.24) is 0 Å². The third kappa shape index (κ3) is 6.59. The van der Waals surface area contributed by atoms with Crippen LogP contribution in [0.3, 0.4) is 0 Å². The van der Waals surface area contributed by atoms with Gasteiger partial charge in [-0.3, -0.25) is 0 Å². The average Bonchev–Trinajstić information content (AvgIpc) is 2.42. The van der Waals surface area contributed by atoms with Gasteiger partial charge in [0, 0.05) is 6.08 Å². The van der Waals surface area contributed by atoms with Crippen LogP contribution < -0.4 is 4.74 Å².